The molecule has 4 heteroatoms. The van der Waals surface area contributed by atoms with E-state index in [2.05, 4.69) is 15.9 Å². The van der Waals surface area contributed by atoms with Crippen LogP contribution in [0.1, 0.15) is 40.2 Å². The van der Waals surface area contributed by atoms with Gasteiger partial charge in [0.1, 0.15) is 5.78 Å². The Labute approximate surface area is 109 Å². The summed E-state index contributed by atoms with van der Waals surface area (Å²) in [5.74, 6) is -0.436. The molecule has 0 aliphatic rings. The number of ketones is 1. The lowest BCUT2D eigenvalue weighted by Crippen LogP contribution is -2.12. The van der Waals surface area contributed by atoms with Crippen molar-refractivity contribution in [3.63, 3.8) is 0 Å². The first-order valence-electron chi connectivity index (χ1n) is 5.39. The van der Waals surface area contributed by atoms with Crippen LogP contribution in [0.5, 0.6) is 0 Å². The molecule has 1 aromatic carbocycles. The van der Waals surface area contributed by atoms with E-state index in [0.717, 1.165) is 5.56 Å². The molecule has 0 aromatic heterocycles. The van der Waals surface area contributed by atoms with Crippen molar-refractivity contribution in [3.05, 3.63) is 34.9 Å². The van der Waals surface area contributed by atoms with Gasteiger partial charge in [0.2, 0.25) is 0 Å². The Morgan fingerprint density at radius 2 is 2.06 bits per heavy atom. The number of ether oxygens (including phenoxy) is 1. The molecule has 3 nitrogen and oxygen atoms in total. The fourth-order valence-corrected chi connectivity index (χ4v) is 1.88. The number of alkyl halides is 1. The zero-order valence-corrected chi connectivity index (χ0v) is 11.7. The number of rotatable bonds is 4. The van der Waals surface area contributed by atoms with E-state index >= 15 is 0 Å². The van der Waals surface area contributed by atoms with Crippen molar-refractivity contribution in [3.8, 4) is 0 Å². The molecule has 0 fully saturated rings. The molecule has 0 spiro atoms. The molecule has 0 radical (unpaired) electrons. The molecule has 0 saturated carbocycles. The predicted molar refractivity (Wildman–Crippen MR) is 69.5 cm³/mol. The molecule has 1 unspecified atom stereocenters. The summed E-state index contributed by atoms with van der Waals surface area (Å²) in [7, 11) is 0. The molecule has 0 heterocycles. The van der Waals surface area contributed by atoms with Crippen molar-refractivity contribution in [2.24, 2.45) is 0 Å². The molecule has 0 aliphatic carbocycles. The fourth-order valence-electron chi connectivity index (χ4n) is 1.51. The summed E-state index contributed by atoms with van der Waals surface area (Å²) in [5, 5.41) is 0. The summed E-state index contributed by atoms with van der Waals surface area (Å²) in [6.07, 6.45) is 0. The Hall–Kier alpha value is -1.16. The zero-order valence-electron chi connectivity index (χ0n) is 10.1. The van der Waals surface area contributed by atoms with E-state index in [4.69, 9.17) is 4.74 Å². The second kappa shape index (κ2) is 5.96. The van der Waals surface area contributed by atoms with Gasteiger partial charge in [-0.2, -0.15) is 0 Å². The Morgan fingerprint density at radius 1 is 1.41 bits per heavy atom. The Morgan fingerprint density at radius 3 is 2.59 bits per heavy atom. The van der Waals surface area contributed by atoms with E-state index in [1.807, 2.05) is 19.1 Å². The first-order valence-corrected chi connectivity index (χ1v) is 6.31. The molecule has 0 aliphatic heterocycles. The van der Waals surface area contributed by atoms with Gasteiger partial charge in [-0.1, -0.05) is 33.6 Å². The highest BCUT2D eigenvalue weighted by molar-refractivity contribution is 9.09. The number of hydrogen-bond acceptors (Lipinski definition) is 3. The SMILES string of the molecule is CCOC(=O)c1ccc(C)cc1C(Br)C(C)=O. The molecular formula is C13H15BrO3. The van der Waals surface area contributed by atoms with Gasteiger partial charge in [0.05, 0.1) is 17.0 Å². The number of Topliss-reactive ketones (excluding diaryl/α,β-unsaturated/α-hetero) is 1. The highest BCUT2D eigenvalue weighted by Crippen LogP contribution is 2.28. The standard InChI is InChI=1S/C13H15BrO3/c1-4-17-13(16)10-6-5-8(2)7-11(10)12(14)9(3)15/h5-7,12H,4H2,1-3H3. The van der Waals surface area contributed by atoms with Crippen molar-refractivity contribution >= 4 is 27.7 Å². The molecule has 0 N–H and O–H groups in total. The number of hydrogen-bond donors (Lipinski definition) is 0. The van der Waals surface area contributed by atoms with Gasteiger partial charge in [-0.3, -0.25) is 4.79 Å². The summed E-state index contributed by atoms with van der Waals surface area (Å²) in [6.45, 7) is 5.47. The largest absolute Gasteiger partial charge is 0.462 e. The van der Waals surface area contributed by atoms with Crippen LogP contribution >= 0.6 is 15.9 Å². The number of carbonyl (C=O) groups excluding carboxylic acids is 2. The third-order valence-corrected chi connectivity index (χ3v) is 3.47. The first-order chi connectivity index (χ1) is 7.97. The van der Waals surface area contributed by atoms with E-state index in [9.17, 15) is 9.59 Å². The molecule has 92 valence electrons. The Kier molecular flexibility index (Phi) is 4.87. The minimum Gasteiger partial charge on any atom is -0.462 e. The highest BCUT2D eigenvalue weighted by Gasteiger charge is 2.21. The normalized spacial score (nSPS) is 12.0. The van der Waals surface area contributed by atoms with Crippen molar-refractivity contribution < 1.29 is 14.3 Å². The van der Waals surface area contributed by atoms with Gasteiger partial charge in [0, 0.05) is 0 Å². The lowest BCUT2D eigenvalue weighted by molar-refractivity contribution is -0.116. The van der Waals surface area contributed by atoms with E-state index in [-0.39, 0.29) is 5.78 Å². The minimum atomic E-state index is -0.471. The average molecular weight is 299 g/mol. The highest BCUT2D eigenvalue weighted by atomic mass is 79.9. The van der Waals surface area contributed by atoms with Gasteiger partial charge < -0.3 is 4.74 Å². The second-order valence-electron chi connectivity index (χ2n) is 3.78. The van der Waals surface area contributed by atoms with Crippen LogP contribution in [0, 0.1) is 6.92 Å². The van der Waals surface area contributed by atoms with Crippen molar-refractivity contribution in [2.75, 3.05) is 6.61 Å². The molecule has 1 aromatic rings. The molecule has 17 heavy (non-hydrogen) atoms. The van der Waals surface area contributed by atoms with Gasteiger partial charge >= 0.3 is 5.97 Å². The van der Waals surface area contributed by atoms with Crippen molar-refractivity contribution in [2.45, 2.75) is 25.6 Å². The average Bonchev–Trinajstić information content (AvgIpc) is 2.28. The molecule has 0 bridgehead atoms. The summed E-state index contributed by atoms with van der Waals surface area (Å²) in [6, 6.07) is 5.35. The molecule has 1 rings (SSSR count). The maximum absolute atomic E-state index is 11.7. The topological polar surface area (TPSA) is 43.4 Å². The van der Waals surface area contributed by atoms with Gasteiger partial charge in [-0.25, -0.2) is 4.79 Å². The van der Waals surface area contributed by atoms with Gasteiger partial charge in [0.15, 0.2) is 0 Å². The lowest BCUT2D eigenvalue weighted by Gasteiger charge is -2.13. The van der Waals surface area contributed by atoms with Gasteiger partial charge in [-0.15, -0.1) is 0 Å². The number of halogens is 1. The second-order valence-corrected chi connectivity index (χ2v) is 4.70. The quantitative estimate of drug-likeness (QED) is 0.633. The molecule has 1 atom stereocenters. The van der Waals surface area contributed by atoms with Crippen LogP contribution in [0.2, 0.25) is 0 Å². The van der Waals surface area contributed by atoms with E-state index in [0.29, 0.717) is 17.7 Å². The lowest BCUT2D eigenvalue weighted by atomic mass is 10.00. The van der Waals surface area contributed by atoms with Crippen LogP contribution in [-0.4, -0.2) is 18.4 Å². The summed E-state index contributed by atoms with van der Waals surface area (Å²) in [5.41, 5.74) is 2.10. The summed E-state index contributed by atoms with van der Waals surface area (Å²) in [4.78, 5) is 22.7. The number of esters is 1. The van der Waals surface area contributed by atoms with Gasteiger partial charge in [-0.05, 0) is 32.4 Å². The molecular weight excluding hydrogens is 284 g/mol. The Bertz CT molecular complexity index is 440. The van der Waals surface area contributed by atoms with Crippen molar-refractivity contribution in [1.29, 1.82) is 0 Å². The molecule has 0 amide bonds. The third kappa shape index (κ3) is 3.40. The summed E-state index contributed by atoms with van der Waals surface area (Å²) < 4.78 is 4.97. The summed E-state index contributed by atoms with van der Waals surface area (Å²) >= 11 is 3.30. The number of aryl methyl sites for hydroxylation is 1. The molecule has 0 saturated heterocycles. The Balaban J connectivity index is 3.21. The van der Waals surface area contributed by atoms with Crippen LogP contribution < -0.4 is 0 Å². The predicted octanol–water partition coefficient (Wildman–Crippen LogP) is 3.20. The number of carbonyl (C=O) groups is 2. The van der Waals surface area contributed by atoms with Crippen LogP contribution in [-0.2, 0) is 9.53 Å². The van der Waals surface area contributed by atoms with Gasteiger partial charge in [0.25, 0.3) is 0 Å². The first kappa shape index (κ1) is 13.9. The number of benzene rings is 1. The van der Waals surface area contributed by atoms with E-state index in [1.165, 1.54) is 6.92 Å². The van der Waals surface area contributed by atoms with Crippen LogP contribution in [0.15, 0.2) is 18.2 Å². The van der Waals surface area contributed by atoms with Crippen LogP contribution in [0.25, 0.3) is 0 Å². The fraction of sp³-hybridized carbons (Fsp3) is 0.385. The zero-order chi connectivity index (χ0) is 13.0. The van der Waals surface area contributed by atoms with E-state index < -0.39 is 10.8 Å². The third-order valence-electron chi connectivity index (χ3n) is 2.33. The van der Waals surface area contributed by atoms with Crippen LogP contribution in [0.4, 0.5) is 0 Å². The minimum absolute atomic E-state index is 0.0406. The van der Waals surface area contributed by atoms with Crippen molar-refractivity contribution in [1.82, 2.24) is 0 Å². The monoisotopic (exact) mass is 298 g/mol. The maximum Gasteiger partial charge on any atom is 0.338 e. The van der Waals surface area contributed by atoms with Crippen LogP contribution in [0.3, 0.4) is 0 Å². The van der Waals surface area contributed by atoms with E-state index in [1.54, 1.807) is 13.0 Å². The maximum atomic E-state index is 11.7. The smallest absolute Gasteiger partial charge is 0.338 e.